The van der Waals surface area contributed by atoms with Crippen LogP contribution in [0.1, 0.15) is 52.7 Å². The van der Waals surface area contributed by atoms with Crippen LogP contribution < -0.4 is 0 Å². The second-order valence-corrected chi connectivity index (χ2v) is 8.90. The number of fused-ring (bicyclic) bond motifs is 1. The molecule has 0 aliphatic rings. The van der Waals surface area contributed by atoms with Crippen LogP contribution in [0, 0.1) is 0 Å². The molecule has 0 radical (unpaired) electrons. The first-order valence-corrected chi connectivity index (χ1v) is 8.76. The SMILES string of the molecule is CC(C)(C)c1cc(-n2nc3cccc(Cl)c3n2)c(O)c(C(C)(C)C)c1. The zero-order chi connectivity index (χ0) is 18.6. The Hall–Kier alpha value is -2.07. The molecule has 0 fully saturated rings. The third-order valence-electron chi connectivity index (χ3n) is 4.34. The Bertz CT molecular complexity index is 946. The summed E-state index contributed by atoms with van der Waals surface area (Å²) in [5.74, 6) is 0.205. The molecule has 2 aromatic carbocycles. The van der Waals surface area contributed by atoms with Crippen molar-refractivity contribution in [1.29, 1.82) is 0 Å². The number of aromatic nitrogens is 3. The molecule has 0 spiro atoms. The smallest absolute Gasteiger partial charge is 0.146 e. The zero-order valence-corrected chi connectivity index (χ0v) is 16.3. The highest BCUT2D eigenvalue weighted by atomic mass is 35.5. The van der Waals surface area contributed by atoms with Crippen molar-refractivity contribution in [2.45, 2.75) is 52.4 Å². The van der Waals surface area contributed by atoms with Crippen molar-refractivity contribution < 1.29 is 5.11 Å². The molecule has 0 bridgehead atoms. The van der Waals surface area contributed by atoms with Crippen LogP contribution in [-0.2, 0) is 10.8 Å². The highest BCUT2D eigenvalue weighted by molar-refractivity contribution is 6.34. The average Bonchev–Trinajstić information content (AvgIpc) is 2.90. The van der Waals surface area contributed by atoms with Crippen LogP contribution in [0.3, 0.4) is 0 Å². The van der Waals surface area contributed by atoms with E-state index in [1.54, 1.807) is 6.07 Å². The van der Waals surface area contributed by atoms with E-state index < -0.39 is 0 Å². The van der Waals surface area contributed by atoms with Crippen LogP contribution in [0.25, 0.3) is 16.7 Å². The van der Waals surface area contributed by atoms with Crippen LogP contribution in [0.15, 0.2) is 30.3 Å². The minimum Gasteiger partial charge on any atom is -0.505 e. The Balaban J connectivity index is 2.32. The molecule has 0 aliphatic carbocycles. The fourth-order valence-electron chi connectivity index (χ4n) is 2.79. The second kappa shape index (κ2) is 5.73. The van der Waals surface area contributed by atoms with Crippen LogP contribution in [0.2, 0.25) is 5.02 Å². The van der Waals surface area contributed by atoms with E-state index in [1.165, 1.54) is 4.80 Å². The zero-order valence-electron chi connectivity index (χ0n) is 15.6. The summed E-state index contributed by atoms with van der Waals surface area (Å²) in [6.07, 6.45) is 0. The average molecular weight is 358 g/mol. The van der Waals surface area contributed by atoms with Crippen molar-refractivity contribution in [3.63, 3.8) is 0 Å². The largest absolute Gasteiger partial charge is 0.505 e. The monoisotopic (exact) mass is 357 g/mol. The van der Waals surface area contributed by atoms with Gasteiger partial charge in [0.15, 0.2) is 0 Å². The first-order chi connectivity index (χ1) is 11.5. The number of benzene rings is 2. The Morgan fingerprint density at radius 1 is 0.960 bits per heavy atom. The summed E-state index contributed by atoms with van der Waals surface area (Å²) in [5, 5.41) is 20.5. The molecule has 0 saturated carbocycles. The number of hydrogen-bond donors (Lipinski definition) is 1. The second-order valence-electron chi connectivity index (χ2n) is 8.49. The quantitative estimate of drug-likeness (QED) is 0.636. The standard InChI is InChI=1S/C20H24ClN3O/c1-19(2,3)12-10-13(20(4,5)6)18(25)16(11-12)24-22-15-9-7-8-14(21)17(15)23-24/h7-11,25H,1-6H3. The summed E-state index contributed by atoms with van der Waals surface area (Å²) in [5.41, 5.74) is 3.63. The van der Waals surface area contributed by atoms with Gasteiger partial charge in [-0.25, -0.2) is 0 Å². The van der Waals surface area contributed by atoms with Gasteiger partial charge in [0.25, 0.3) is 0 Å². The van der Waals surface area contributed by atoms with E-state index in [0.29, 0.717) is 21.7 Å². The van der Waals surface area contributed by atoms with E-state index in [0.717, 1.165) is 11.1 Å². The maximum absolute atomic E-state index is 10.9. The molecule has 25 heavy (non-hydrogen) atoms. The molecule has 1 heterocycles. The highest BCUT2D eigenvalue weighted by Gasteiger charge is 2.26. The molecule has 0 atom stereocenters. The summed E-state index contributed by atoms with van der Waals surface area (Å²) in [6.45, 7) is 12.7. The van der Waals surface area contributed by atoms with E-state index in [-0.39, 0.29) is 16.6 Å². The van der Waals surface area contributed by atoms with Gasteiger partial charge in [-0.15, -0.1) is 15.0 Å². The van der Waals surface area contributed by atoms with E-state index in [2.05, 4.69) is 57.8 Å². The topological polar surface area (TPSA) is 50.9 Å². The third-order valence-corrected chi connectivity index (χ3v) is 4.65. The molecule has 1 aromatic heterocycles. The molecule has 132 valence electrons. The number of hydrogen-bond acceptors (Lipinski definition) is 3. The molecule has 0 saturated heterocycles. The number of halogens is 1. The maximum atomic E-state index is 10.9. The molecule has 4 nitrogen and oxygen atoms in total. The van der Waals surface area contributed by atoms with Crippen molar-refractivity contribution in [2.75, 3.05) is 0 Å². The van der Waals surface area contributed by atoms with E-state index >= 15 is 0 Å². The van der Waals surface area contributed by atoms with Crippen LogP contribution in [-0.4, -0.2) is 20.1 Å². The van der Waals surface area contributed by atoms with E-state index in [1.807, 2.05) is 18.2 Å². The van der Waals surface area contributed by atoms with Crippen molar-refractivity contribution in [3.8, 4) is 11.4 Å². The Labute approximate surface area is 153 Å². The molecular formula is C20H24ClN3O. The molecule has 1 N–H and O–H groups in total. The van der Waals surface area contributed by atoms with Crippen molar-refractivity contribution in [1.82, 2.24) is 15.0 Å². The van der Waals surface area contributed by atoms with Gasteiger partial charge in [0.05, 0.1) is 5.02 Å². The summed E-state index contributed by atoms with van der Waals surface area (Å²) < 4.78 is 0. The fourth-order valence-corrected chi connectivity index (χ4v) is 2.99. The number of aromatic hydroxyl groups is 1. The first-order valence-electron chi connectivity index (χ1n) is 8.38. The summed E-state index contributed by atoms with van der Waals surface area (Å²) in [4.78, 5) is 1.48. The van der Waals surface area contributed by atoms with Gasteiger partial charge in [0.1, 0.15) is 22.5 Å². The molecular weight excluding hydrogens is 334 g/mol. The normalized spacial score (nSPS) is 12.8. The minimum atomic E-state index is -0.204. The van der Waals surface area contributed by atoms with Crippen LogP contribution >= 0.6 is 11.6 Å². The molecule has 0 amide bonds. The number of phenols is 1. The predicted molar refractivity (Wildman–Crippen MR) is 103 cm³/mol. The summed E-state index contributed by atoms with van der Waals surface area (Å²) in [6, 6.07) is 9.52. The van der Waals surface area contributed by atoms with Crippen molar-refractivity contribution >= 4 is 22.6 Å². The van der Waals surface area contributed by atoms with Gasteiger partial charge in [-0.3, -0.25) is 0 Å². The lowest BCUT2D eigenvalue weighted by Crippen LogP contribution is -2.18. The van der Waals surface area contributed by atoms with Gasteiger partial charge in [-0.2, -0.15) is 0 Å². The predicted octanol–water partition coefficient (Wildman–Crippen LogP) is 5.37. The summed E-state index contributed by atoms with van der Waals surface area (Å²) >= 11 is 6.23. The Kier molecular flexibility index (Phi) is 4.07. The first kappa shape index (κ1) is 17.7. The van der Waals surface area contributed by atoms with E-state index in [4.69, 9.17) is 11.6 Å². The van der Waals surface area contributed by atoms with Crippen molar-refractivity contribution in [2.24, 2.45) is 0 Å². The van der Waals surface area contributed by atoms with E-state index in [9.17, 15) is 5.11 Å². The molecule has 5 heteroatoms. The Morgan fingerprint density at radius 3 is 2.20 bits per heavy atom. The van der Waals surface area contributed by atoms with Gasteiger partial charge in [-0.05, 0) is 34.6 Å². The summed E-state index contributed by atoms with van der Waals surface area (Å²) in [7, 11) is 0. The number of rotatable bonds is 1. The van der Waals surface area contributed by atoms with Crippen molar-refractivity contribution in [3.05, 3.63) is 46.5 Å². The lowest BCUT2D eigenvalue weighted by Gasteiger charge is -2.27. The fraction of sp³-hybridized carbons (Fsp3) is 0.400. The lowest BCUT2D eigenvalue weighted by molar-refractivity contribution is 0.438. The molecule has 3 rings (SSSR count). The maximum Gasteiger partial charge on any atom is 0.146 e. The van der Waals surface area contributed by atoms with Gasteiger partial charge in [-0.1, -0.05) is 65.3 Å². The number of phenolic OH excluding ortho intramolecular Hbond substituents is 1. The molecule has 0 unspecified atom stereocenters. The van der Waals surface area contributed by atoms with Crippen LogP contribution in [0.4, 0.5) is 0 Å². The van der Waals surface area contributed by atoms with Crippen LogP contribution in [0.5, 0.6) is 5.75 Å². The third kappa shape index (κ3) is 3.23. The molecule has 3 aromatic rings. The minimum absolute atomic E-state index is 0.0628. The molecule has 0 aliphatic heterocycles. The van der Waals surface area contributed by atoms with Gasteiger partial charge in [0.2, 0.25) is 0 Å². The highest BCUT2D eigenvalue weighted by Crippen LogP contribution is 2.39. The number of nitrogens with zero attached hydrogens (tertiary/aromatic N) is 3. The van der Waals surface area contributed by atoms with Gasteiger partial charge < -0.3 is 5.11 Å². The lowest BCUT2D eigenvalue weighted by atomic mass is 9.80. The Morgan fingerprint density at radius 2 is 1.64 bits per heavy atom. The van der Waals surface area contributed by atoms with Gasteiger partial charge in [0, 0.05) is 5.56 Å². The van der Waals surface area contributed by atoms with Gasteiger partial charge >= 0.3 is 0 Å².